The molecule has 1 aromatic carbocycles. The summed E-state index contributed by atoms with van der Waals surface area (Å²) in [6.45, 7) is 2.50. The van der Waals surface area contributed by atoms with E-state index in [1.54, 1.807) is 30.2 Å². The molecule has 3 N–H and O–H groups in total. The maximum atomic E-state index is 14.4. The van der Waals surface area contributed by atoms with Gasteiger partial charge in [-0.05, 0) is 18.6 Å². The SMILES string of the molecule is CCCNC(=O)c1ncc2c(-c3cncn3C)c(F)ccc2c1N. The molecular weight excluding hydrogens is 309 g/mol. The van der Waals surface area contributed by atoms with Gasteiger partial charge in [0.2, 0.25) is 0 Å². The van der Waals surface area contributed by atoms with Crippen LogP contribution in [0, 0.1) is 5.82 Å². The lowest BCUT2D eigenvalue weighted by atomic mass is 10.0. The van der Waals surface area contributed by atoms with E-state index in [0.717, 1.165) is 6.42 Å². The van der Waals surface area contributed by atoms with E-state index in [2.05, 4.69) is 15.3 Å². The van der Waals surface area contributed by atoms with E-state index in [0.29, 0.717) is 28.6 Å². The molecule has 2 heterocycles. The zero-order valence-corrected chi connectivity index (χ0v) is 13.5. The molecule has 7 heteroatoms. The van der Waals surface area contributed by atoms with Gasteiger partial charge in [0.25, 0.3) is 5.91 Å². The van der Waals surface area contributed by atoms with Crippen molar-refractivity contribution in [2.75, 3.05) is 12.3 Å². The molecule has 1 amide bonds. The number of aromatic nitrogens is 3. The normalized spacial score (nSPS) is 11.0. The van der Waals surface area contributed by atoms with Gasteiger partial charge in [-0.3, -0.25) is 4.79 Å². The Hall–Kier alpha value is -2.96. The molecule has 0 radical (unpaired) electrons. The summed E-state index contributed by atoms with van der Waals surface area (Å²) in [7, 11) is 1.78. The number of carbonyl (C=O) groups is 1. The average molecular weight is 327 g/mol. The monoisotopic (exact) mass is 327 g/mol. The molecule has 0 aliphatic heterocycles. The maximum absolute atomic E-state index is 14.4. The van der Waals surface area contributed by atoms with Gasteiger partial charge in [-0.1, -0.05) is 6.92 Å². The first-order valence-electron chi connectivity index (χ1n) is 7.66. The lowest BCUT2D eigenvalue weighted by Crippen LogP contribution is -2.26. The number of anilines is 1. The standard InChI is InChI=1S/C17H18FN5O/c1-3-6-21-17(24)16-15(19)10-4-5-12(18)14(11(10)7-22-16)13-8-20-9-23(13)2/h4-5,7-9H,3,6,19H2,1-2H3,(H,21,24). The van der Waals surface area contributed by atoms with Gasteiger partial charge >= 0.3 is 0 Å². The van der Waals surface area contributed by atoms with Crippen LogP contribution in [0.15, 0.2) is 30.9 Å². The molecule has 0 bridgehead atoms. The van der Waals surface area contributed by atoms with E-state index in [1.165, 1.54) is 12.3 Å². The van der Waals surface area contributed by atoms with E-state index < -0.39 is 5.82 Å². The summed E-state index contributed by atoms with van der Waals surface area (Å²) in [5, 5.41) is 3.88. The lowest BCUT2D eigenvalue weighted by Gasteiger charge is -2.12. The number of nitrogen functional groups attached to an aromatic ring is 1. The number of carbonyl (C=O) groups excluding carboxylic acids is 1. The average Bonchev–Trinajstić information content (AvgIpc) is 2.98. The third-order valence-corrected chi connectivity index (χ3v) is 3.89. The predicted molar refractivity (Wildman–Crippen MR) is 90.9 cm³/mol. The summed E-state index contributed by atoms with van der Waals surface area (Å²) in [6, 6.07) is 2.91. The minimum atomic E-state index is -0.393. The van der Waals surface area contributed by atoms with Crippen LogP contribution in [-0.4, -0.2) is 27.0 Å². The van der Waals surface area contributed by atoms with Crippen molar-refractivity contribution in [1.82, 2.24) is 19.9 Å². The van der Waals surface area contributed by atoms with Crippen molar-refractivity contribution in [3.8, 4) is 11.3 Å². The fourth-order valence-electron chi connectivity index (χ4n) is 2.65. The van der Waals surface area contributed by atoms with E-state index in [1.807, 2.05) is 6.92 Å². The quantitative estimate of drug-likeness (QED) is 0.771. The third kappa shape index (κ3) is 2.58. The first kappa shape index (κ1) is 15.9. The van der Waals surface area contributed by atoms with Crippen LogP contribution in [0.1, 0.15) is 23.8 Å². The largest absolute Gasteiger partial charge is 0.396 e. The molecule has 0 atom stereocenters. The van der Waals surface area contributed by atoms with Gasteiger partial charge in [-0.25, -0.2) is 14.4 Å². The van der Waals surface area contributed by atoms with Gasteiger partial charge in [-0.2, -0.15) is 0 Å². The van der Waals surface area contributed by atoms with Gasteiger partial charge in [0.05, 0.1) is 23.9 Å². The smallest absolute Gasteiger partial charge is 0.272 e. The summed E-state index contributed by atoms with van der Waals surface area (Å²) >= 11 is 0. The van der Waals surface area contributed by atoms with Crippen LogP contribution in [0.3, 0.4) is 0 Å². The molecular formula is C17H18FN5O. The Labute approximate surface area is 138 Å². The van der Waals surface area contributed by atoms with Crippen molar-refractivity contribution in [3.05, 3.63) is 42.4 Å². The van der Waals surface area contributed by atoms with Crippen LogP contribution in [-0.2, 0) is 7.05 Å². The highest BCUT2D eigenvalue weighted by Gasteiger charge is 2.19. The second-order valence-corrected chi connectivity index (χ2v) is 5.55. The Balaban J connectivity index is 2.19. The van der Waals surface area contributed by atoms with Gasteiger partial charge in [-0.15, -0.1) is 0 Å². The van der Waals surface area contributed by atoms with Gasteiger partial charge < -0.3 is 15.6 Å². The predicted octanol–water partition coefficient (Wildman–Crippen LogP) is 2.50. The number of rotatable bonds is 4. The van der Waals surface area contributed by atoms with Gasteiger partial charge in [0, 0.05) is 36.1 Å². The van der Waals surface area contributed by atoms with Crippen molar-refractivity contribution >= 4 is 22.4 Å². The molecule has 0 aliphatic carbocycles. The number of fused-ring (bicyclic) bond motifs is 1. The minimum Gasteiger partial charge on any atom is -0.396 e. The summed E-state index contributed by atoms with van der Waals surface area (Å²) < 4.78 is 16.1. The Morgan fingerprint density at radius 1 is 1.33 bits per heavy atom. The first-order valence-corrected chi connectivity index (χ1v) is 7.66. The topological polar surface area (TPSA) is 85.8 Å². The van der Waals surface area contributed by atoms with Crippen molar-refractivity contribution in [3.63, 3.8) is 0 Å². The Kier molecular flexibility index (Phi) is 4.16. The third-order valence-electron chi connectivity index (χ3n) is 3.89. The Morgan fingerprint density at radius 2 is 2.12 bits per heavy atom. The van der Waals surface area contributed by atoms with E-state index in [9.17, 15) is 9.18 Å². The molecule has 0 aliphatic rings. The number of amides is 1. The van der Waals surface area contributed by atoms with Gasteiger partial charge in [0.15, 0.2) is 5.69 Å². The number of imidazole rings is 1. The zero-order chi connectivity index (χ0) is 17.3. The molecule has 3 aromatic rings. The number of aryl methyl sites for hydroxylation is 1. The number of benzene rings is 1. The summed E-state index contributed by atoms with van der Waals surface area (Å²) in [5.74, 6) is -0.724. The van der Waals surface area contributed by atoms with E-state index >= 15 is 0 Å². The van der Waals surface area contributed by atoms with Crippen LogP contribution in [0.25, 0.3) is 22.0 Å². The number of nitrogens with zero attached hydrogens (tertiary/aromatic N) is 3. The number of nitrogens with one attached hydrogen (secondary N) is 1. The number of pyridine rings is 1. The number of hydrogen-bond acceptors (Lipinski definition) is 4. The highest BCUT2D eigenvalue weighted by Crippen LogP contribution is 2.34. The highest BCUT2D eigenvalue weighted by atomic mass is 19.1. The highest BCUT2D eigenvalue weighted by molar-refractivity contribution is 6.09. The summed E-state index contributed by atoms with van der Waals surface area (Å²) in [4.78, 5) is 20.4. The number of nitrogens with two attached hydrogens (primary N) is 1. The lowest BCUT2D eigenvalue weighted by molar-refractivity contribution is 0.0950. The van der Waals surface area contributed by atoms with Gasteiger partial charge in [0.1, 0.15) is 5.82 Å². The van der Waals surface area contributed by atoms with Crippen molar-refractivity contribution in [2.24, 2.45) is 7.05 Å². The molecule has 124 valence electrons. The molecule has 0 spiro atoms. The first-order chi connectivity index (χ1) is 11.5. The number of hydrogen-bond donors (Lipinski definition) is 2. The fraction of sp³-hybridized carbons (Fsp3) is 0.235. The van der Waals surface area contributed by atoms with Crippen LogP contribution < -0.4 is 11.1 Å². The van der Waals surface area contributed by atoms with E-state index in [-0.39, 0.29) is 17.3 Å². The Morgan fingerprint density at radius 3 is 2.79 bits per heavy atom. The van der Waals surface area contributed by atoms with Crippen LogP contribution in [0.2, 0.25) is 0 Å². The van der Waals surface area contributed by atoms with Crippen LogP contribution in [0.5, 0.6) is 0 Å². The molecule has 24 heavy (non-hydrogen) atoms. The van der Waals surface area contributed by atoms with Crippen LogP contribution >= 0.6 is 0 Å². The fourth-order valence-corrected chi connectivity index (χ4v) is 2.65. The van der Waals surface area contributed by atoms with Crippen LogP contribution in [0.4, 0.5) is 10.1 Å². The van der Waals surface area contributed by atoms with E-state index in [4.69, 9.17) is 5.73 Å². The molecule has 0 saturated carbocycles. The number of halogens is 1. The molecule has 0 fully saturated rings. The zero-order valence-electron chi connectivity index (χ0n) is 13.5. The van der Waals surface area contributed by atoms with Crippen molar-refractivity contribution < 1.29 is 9.18 Å². The van der Waals surface area contributed by atoms with Crippen molar-refractivity contribution in [2.45, 2.75) is 13.3 Å². The second-order valence-electron chi connectivity index (χ2n) is 5.55. The van der Waals surface area contributed by atoms with Crippen molar-refractivity contribution in [1.29, 1.82) is 0 Å². The molecule has 6 nitrogen and oxygen atoms in total. The molecule has 2 aromatic heterocycles. The molecule has 3 rings (SSSR count). The molecule has 0 unspecified atom stereocenters. The summed E-state index contributed by atoms with van der Waals surface area (Å²) in [5.41, 5.74) is 7.51. The maximum Gasteiger partial charge on any atom is 0.272 e. The minimum absolute atomic E-state index is 0.151. The second kappa shape index (κ2) is 6.27. The molecule has 0 saturated heterocycles. The summed E-state index contributed by atoms with van der Waals surface area (Å²) in [6.07, 6.45) is 5.47. The Bertz CT molecular complexity index is 919.